The summed E-state index contributed by atoms with van der Waals surface area (Å²) in [4.78, 5) is 12.5. The van der Waals surface area contributed by atoms with Crippen molar-refractivity contribution in [2.24, 2.45) is 11.7 Å². The number of hydrogen-bond donors (Lipinski definition) is 2. The highest BCUT2D eigenvalue weighted by molar-refractivity contribution is 5.85. The van der Waals surface area contributed by atoms with E-state index in [1.807, 2.05) is 39.0 Å². The topological polar surface area (TPSA) is 73.6 Å². The normalized spacial score (nSPS) is 21.0. The van der Waals surface area contributed by atoms with Crippen LogP contribution in [0.1, 0.15) is 58.1 Å². The zero-order valence-corrected chi connectivity index (χ0v) is 16.2. The van der Waals surface area contributed by atoms with Gasteiger partial charge in [-0.05, 0) is 57.7 Å². The van der Waals surface area contributed by atoms with Crippen molar-refractivity contribution >= 4 is 18.3 Å². The minimum Gasteiger partial charge on any atom is -0.490 e. The average molecular weight is 371 g/mol. The molecule has 1 aromatic carbocycles. The van der Waals surface area contributed by atoms with E-state index in [1.54, 1.807) is 0 Å². The Morgan fingerprint density at radius 2 is 1.92 bits per heavy atom. The van der Waals surface area contributed by atoms with E-state index < -0.39 is 0 Å². The third-order valence-corrected chi connectivity index (χ3v) is 4.51. The molecule has 1 saturated carbocycles. The van der Waals surface area contributed by atoms with Gasteiger partial charge in [0.25, 0.3) is 0 Å². The molecular weight excluding hydrogens is 340 g/mol. The maximum Gasteiger partial charge on any atom is 0.223 e. The van der Waals surface area contributed by atoms with Crippen molar-refractivity contribution in [3.8, 4) is 11.5 Å². The SMILES string of the molecule is CCOc1ccc(C(C)NC(=O)C2CCCC(N)C2)cc1OCC.Cl. The Labute approximate surface area is 157 Å². The number of nitrogens with two attached hydrogens (primary N) is 1. The van der Waals surface area contributed by atoms with Crippen LogP contribution in [0, 0.1) is 5.92 Å². The summed E-state index contributed by atoms with van der Waals surface area (Å²) < 4.78 is 11.2. The number of rotatable bonds is 7. The highest BCUT2D eigenvalue weighted by atomic mass is 35.5. The molecule has 2 rings (SSSR count). The van der Waals surface area contributed by atoms with Crippen LogP contribution in [0.2, 0.25) is 0 Å². The lowest BCUT2D eigenvalue weighted by molar-refractivity contribution is -0.126. The smallest absolute Gasteiger partial charge is 0.223 e. The summed E-state index contributed by atoms with van der Waals surface area (Å²) in [6.45, 7) is 7.05. The third kappa shape index (κ3) is 6.08. The maximum atomic E-state index is 12.5. The Kier molecular flexibility index (Phi) is 9.08. The second-order valence-electron chi connectivity index (χ2n) is 6.43. The first-order valence-electron chi connectivity index (χ1n) is 9.00. The van der Waals surface area contributed by atoms with Gasteiger partial charge in [0, 0.05) is 12.0 Å². The van der Waals surface area contributed by atoms with Crippen LogP contribution in [0.5, 0.6) is 11.5 Å². The number of ether oxygens (including phenoxy) is 2. The molecule has 0 bridgehead atoms. The molecule has 1 aromatic rings. The van der Waals surface area contributed by atoms with Crippen molar-refractivity contribution in [3.63, 3.8) is 0 Å². The largest absolute Gasteiger partial charge is 0.490 e. The van der Waals surface area contributed by atoms with Gasteiger partial charge in [0.15, 0.2) is 11.5 Å². The van der Waals surface area contributed by atoms with E-state index in [0.29, 0.717) is 13.2 Å². The Bertz CT molecular complexity index is 553. The molecule has 0 saturated heterocycles. The zero-order valence-electron chi connectivity index (χ0n) is 15.4. The summed E-state index contributed by atoms with van der Waals surface area (Å²) >= 11 is 0. The van der Waals surface area contributed by atoms with E-state index in [9.17, 15) is 4.79 Å². The average Bonchev–Trinajstić information content (AvgIpc) is 2.56. The monoisotopic (exact) mass is 370 g/mol. The van der Waals surface area contributed by atoms with Crippen molar-refractivity contribution < 1.29 is 14.3 Å². The Morgan fingerprint density at radius 1 is 1.24 bits per heavy atom. The summed E-state index contributed by atoms with van der Waals surface area (Å²) in [5, 5.41) is 3.12. The van der Waals surface area contributed by atoms with E-state index in [4.69, 9.17) is 15.2 Å². The molecule has 142 valence electrons. The fraction of sp³-hybridized carbons (Fsp3) is 0.632. The quantitative estimate of drug-likeness (QED) is 0.769. The summed E-state index contributed by atoms with van der Waals surface area (Å²) in [5.74, 6) is 1.59. The molecule has 0 aromatic heterocycles. The summed E-state index contributed by atoms with van der Waals surface area (Å²) in [7, 11) is 0. The Hall–Kier alpha value is -1.46. The van der Waals surface area contributed by atoms with Gasteiger partial charge in [0.05, 0.1) is 19.3 Å². The van der Waals surface area contributed by atoms with Gasteiger partial charge in [0.1, 0.15) is 0 Å². The number of amides is 1. The van der Waals surface area contributed by atoms with Gasteiger partial charge >= 0.3 is 0 Å². The Morgan fingerprint density at radius 3 is 2.56 bits per heavy atom. The lowest BCUT2D eigenvalue weighted by Gasteiger charge is -2.27. The van der Waals surface area contributed by atoms with E-state index in [0.717, 1.165) is 42.7 Å². The van der Waals surface area contributed by atoms with Crippen molar-refractivity contribution in [1.82, 2.24) is 5.32 Å². The zero-order chi connectivity index (χ0) is 17.5. The number of nitrogens with one attached hydrogen (secondary N) is 1. The van der Waals surface area contributed by atoms with Crippen LogP contribution < -0.4 is 20.5 Å². The van der Waals surface area contributed by atoms with Crippen LogP contribution in [0.15, 0.2) is 18.2 Å². The first-order valence-corrected chi connectivity index (χ1v) is 9.00. The van der Waals surface area contributed by atoms with E-state index in [2.05, 4.69) is 5.32 Å². The molecule has 1 fully saturated rings. The fourth-order valence-electron chi connectivity index (χ4n) is 3.22. The second-order valence-corrected chi connectivity index (χ2v) is 6.43. The van der Waals surface area contributed by atoms with Crippen LogP contribution in [-0.4, -0.2) is 25.2 Å². The molecular formula is C19H31ClN2O3. The molecule has 6 heteroatoms. The van der Waals surface area contributed by atoms with Gasteiger partial charge in [-0.2, -0.15) is 0 Å². The minimum absolute atomic E-state index is 0. The summed E-state index contributed by atoms with van der Waals surface area (Å²) in [5.41, 5.74) is 7.00. The fourth-order valence-corrected chi connectivity index (χ4v) is 3.22. The van der Waals surface area contributed by atoms with Gasteiger partial charge < -0.3 is 20.5 Å². The highest BCUT2D eigenvalue weighted by Crippen LogP contribution is 2.31. The van der Waals surface area contributed by atoms with Crippen LogP contribution in [-0.2, 0) is 4.79 Å². The van der Waals surface area contributed by atoms with Crippen molar-refractivity contribution in [1.29, 1.82) is 0 Å². The number of carbonyl (C=O) groups is 1. The number of benzene rings is 1. The van der Waals surface area contributed by atoms with Gasteiger partial charge in [0.2, 0.25) is 5.91 Å². The molecule has 3 unspecified atom stereocenters. The summed E-state index contributed by atoms with van der Waals surface area (Å²) in [6, 6.07) is 5.91. The van der Waals surface area contributed by atoms with Gasteiger partial charge in [-0.3, -0.25) is 4.79 Å². The number of hydrogen-bond acceptors (Lipinski definition) is 4. The third-order valence-electron chi connectivity index (χ3n) is 4.51. The van der Waals surface area contributed by atoms with Crippen LogP contribution >= 0.6 is 12.4 Å². The van der Waals surface area contributed by atoms with Crippen LogP contribution in [0.3, 0.4) is 0 Å². The van der Waals surface area contributed by atoms with Crippen LogP contribution in [0.25, 0.3) is 0 Å². The number of carbonyl (C=O) groups excluding carboxylic acids is 1. The minimum atomic E-state index is -0.0782. The molecule has 1 aliphatic carbocycles. The molecule has 0 aliphatic heterocycles. The van der Waals surface area contributed by atoms with Crippen molar-refractivity contribution in [3.05, 3.63) is 23.8 Å². The standard InChI is InChI=1S/C19H30N2O3.ClH/c1-4-23-17-10-9-14(12-18(17)24-5-2)13(3)21-19(22)15-7-6-8-16(20)11-15;/h9-10,12-13,15-16H,4-8,11,20H2,1-3H3,(H,21,22);1H. The number of halogens is 1. The lowest BCUT2D eigenvalue weighted by atomic mass is 9.85. The molecule has 5 nitrogen and oxygen atoms in total. The molecule has 0 spiro atoms. The van der Waals surface area contributed by atoms with E-state index in [-0.39, 0.29) is 36.3 Å². The van der Waals surface area contributed by atoms with Gasteiger partial charge in [-0.1, -0.05) is 12.5 Å². The molecule has 0 heterocycles. The van der Waals surface area contributed by atoms with Gasteiger partial charge in [-0.25, -0.2) is 0 Å². The van der Waals surface area contributed by atoms with E-state index >= 15 is 0 Å². The van der Waals surface area contributed by atoms with Crippen molar-refractivity contribution in [2.75, 3.05) is 13.2 Å². The Balaban J connectivity index is 0.00000312. The lowest BCUT2D eigenvalue weighted by Crippen LogP contribution is -2.38. The molecule has 25 heavy (non-hydrogen) atoms. The first kappa shape index (κ1) is 21.6. The van der Waals surface area contributed by atoms with E-state index in [1.165, 1.54) is 0 Å². The molecule has 3 N–H and O–H groups in total. The first-order chi connectivity index (χ1) is 11.5. The predicted molar refractivity (Wildman–Crippen MR) is 103 cm³/mol. The molecule has 3 atom stereocenters. The van der Waals surface area contributed by atoms with Crippen LogP contribution in [0.4, 0.5) is 0 Å². The molecule has 1 aliphatic rings. The maximum absolute atomic E-state index is 12.5. The van der Waals surface area contributed by atoms with Crippen molar-refractivity contribution in [2.45, 2.75) is 58.5 Å². The highest BCUT2D eigenvalue weighted by Gasteiger charge is 2.26. The molecule has 1 amide bonds. The van der Waals surface area contributed by atoms with Gasteiger partial charge in [-0.15, -0.1) is 12.4 Å². The molecule has 0 radical (unpaired) electrons. The predicted octanol–water partition coefficient (Wildman–Crippen LogP) is 3.60. The second kappa shape index (κ2) is 10.5. The summed E-state index contributed by atoms with van der Waals surface area (Å²) in [6.07, 6.45) is 3.77.